The lowest BCUT2D eigenvalue weighted by Gasteiger charge is -2.27. The second-order valence-corrected chi connectivity index (χ2v) is 5.89. The fourth-order valence-corrected chi connectivity index (χ4v) is 2.50. The molecule has 1 aromatic carbocycles. The third-order valence-corrected chi connectivity index (χ3v) is 3.56. The molecule has 0 atom stereocenters. The second-order valence-electron chi connectivity index (χ2n) is 5.89. The van der Waals surface area contributed by atoms with Gasteiger partial charge in [0.2, 0.25) is 0 Å². The Balaban J connectivity index is 2.08. The largest absolute Gasteiger partial charge is 0.462 e. The Morgan fingerprint density at radius 2 is 1.92 bits per heavy atom. The van der Waals surface area contributed by atoms with Crippen LogP contribution in [0.3, 0.4) is 0 Å². The van der Waals surface area contributed by atoms with Crippen LogP contribution in [0.4, 0.5) is 10.5 Å². The normalized spacial score (nSPS) is 13.4. The number of carbonyl (C=O) groups excluding carboxylic acids is 3. The average Bonchev–Trinajstić information content (AvgIpc) is 3.04. The Morgan fingerprint density at radius 1 is 1.20 bits per heavy atom. The molecule has 1 N–H and O–H groups in total. The van der Waals surface area contributed by atoms with Gasteiger partial charge in [0.25, 0.3) is 5.91 Å². The third-order valence-electron chi connectivity index (χ3n) is 3.56. The number of anilines is 1. The van der Waals surface area contributed by atoms with Gasteiger partial charge in [0.15, 0.2) is 0 Å². The Labute approximate surface area is 147 Å². The van der Waals surface area contributed by atoms with E-state index in [0.29, 0.717) is 24.3 Å². The molecule has 0 unspecified atom stereocenters. The molecule has 0 saturated carbocycles. The Bertz CT molecular complexity index is 695. The first-order valence-electron chi connectivity index (χ1n) is 8.24. The van der Waals surface area contributed by atoms with Gasteiger partial charge in [-0.1, -0.05) is 11.6 Å². The summed E-state index contributed by atoms with van der Waals surface area (Å²) in [4.78, 5) is 36.5. The maximum absolute atomic E-state index is 12.5. The van der Waals surface area contributed by atoms with E-state index in [9.17, 15) is 14.4 Å². The third kappa shape index (κ3) is 4.82. The van der Waals surface area contributed by atoms with Crippen LogP contribution in [0.5, 0.6) is 0 Å². The molecular weight excluding hydrogens is 322 g/mol. The minimum absolute atomic E-state index is 0.215. The standard InChI is InChI=1S/C18H23N3O4/c1-4-25-17(23)14-7-5-8-15(12-14)19-18(24)21-10-6-9-20(21)16(22)11-13(2)3/h5,7-8,11-12H,4,6,9-10H2,1-3H3,(H,19,24). The quantitative estimate of drug-likeness (QED) is 0.672. The fourth-order valence-electron chi connectivity index (χ4n) is 2.50. The van der Waals surface area contributed by atoms with Crippen molar-refractivity contribution in [2.75, 3.05) is 25.0 Å². The van der Waals surface area contributed by atoms with Crippen molar-refractivity contribution in [2.45, 2.75) is 27.2 Å². The number of carbonyl (C=O) groups is 3. The summed E-state index contributed by atoms with van der Waals surface area (Å²) in [5, 5.41) is 5.54. The van der Waals surface area contributed by atoms with Crippen molar-refractivity contribution < 1.29 is 19.1 Å². The van der Waals surface area contributed by atoms with Crippen LogP contribution in [-0.2, 0) is 9.53 Å². The summed E-state index contributed by atoms with van der Waals surface area (Å²) in [6, 6.07) is 6.10. The number of hydrogen-bond donors (Lipinski definition) is 1. The number of hydrazine groups is 1. The molecule has 1 aliphatic rings. The number of benzene rings is 1. The van der Waals surface area contributed by atoms with E-state index in [-0.39, 0.29) is 12.5 Å². The van der Waals surface area contributed by atoms with Crippen molar-refractivity contribution in [1.82, 2.24) is 10.0 Å². The van der Waals surface area contributed by atoms with Gasteiger partial charge in [-0.05, 0) is 45.4 Å². The Hall–Kier alpha value is -2.83. The van der Waals surface area contributed by atoms with Crippen LogP contribution in [0.2, 0.25) is 0 Å². The topological polar surface area (TPSA) is 79.0 Å². The summed E-state index contributed by atoms with van der Waals surface area (Å²) in [6.07, 6.45) is 2.23. The zero-order valence-electron chi connectivity index (χ0n) is 14.7. The molecule has 1 saturated heterocycles. The lowest BCUT2D eigenvalue weighted by atomic mass is 10.2. The number of ether oxygens (including phenoxy) is 1. The van der Waals surface area contributed by atoms with E-state index in [4.69, 9.17) is 4.74 Å². The van der Waals surface area contributed by atoms with Gasteiger partial charge in [-0.2, -0.15) is 0 Å². The predicted octanol–water partition coefficient (Wildman–Crippen LogP) is 2.81. The highest BCUT2D eigenvalue weighted by atomic mass is 16.5. The predicted molar refractivity (Wildman–Crippen MR) is 93.9 cm³/mol. The first-order chi connectivity index (χ1) is 11.9. The molecule has 1 fully saturated rings. The van der Waals surface area contributed by atoms with Gasteiger partial charge in [-0.25, -0.2) is 19.6 Å². The number of nitrogens with zero attached hydrogens (tertiary/aromatic N) is 2. The van der Waals surface area contributed by atoms with E-state index in [1.165, 1.54) is 16.1 Å². The summed E-state index contributed by atoms with van der Waals surface area (Å²) in [6.45, 7) is 6.64. The molecule has 3 amide bonds. The van der Waals surface area contributed by atoms with E-state index in [1.807, 2.05) is 13.8 Å². The molecule has 0 aromatic heterocycles. The lowest BCUT2D eigenvalue weighted by molar-refractivity contribution is -0.134. The van der Waals surface area contributed by atoms with Gasteiger partial charge in [0.1, 0.15) is 0 Å². The summed E-state index contributed by atoms with van der Waals surface area (Å²) in [7, 11) is 0. The molecule has 1 aliphatic heterocycles. The highest BCUT2D eigenvalue weighted by Crippen LogP contribution is 2.16. The summed E-state index contributed by atoms with van der Waals surface area (Å²) in [5.74, 6) is -0.659. The number of urea groups is 1. The van der Waals surface area contributed by atoms with Gasteiger partial charge in [-0.3, -0.25) is 4.79 Å². The molecule has 1 aromatic rings. The monoisotopic (exact) mass is 345 g/mol. The van der Waals surface area contributed by atoms with E-state index in [0.717, 1.165) is 12.0 Å². The van der Waals surface area contributed by atoms with E-state index in [2.05, 4.69) is 5.32 Å². The van der Waals surface area contributed by atoms with Crippen molar-refractivity contribution in [1.29, 1.82) is 0 Å². The van der Waals surface area contributed by atoms with Crippen molar-refractivity contribution >= 4 is 23.6 Å². The summed E-state index contributed by atoms with van der Waals surface area (Å²) < 4.78 is 4.95. The SMILES string of the molecule is CCOC(=O)c1cccc(NC(=O)N2CCCN2C(=O)C=C(C)C)c1. The van der Waals surface area contributed by atoms with Crippen LogP contribution in [-0.4, -0.2) is 47.6 Å². The van der Waals surface area contributed by atoms with Gasteiger partial charge in [0, 0.05) is 24.9 Å². The van der Waals surface area contributed by atoms with Gasteiger partial charge in [0.05, 0.1) is 12.2 Å². The maximum atomic E-state index is 12.5. The molecule has 7 heteroatoms. The minimum atomic E-state index is -0.444. The van der Waals surface area contributed by atoms with E-state index >= 15 is 0 Å². The van der Waals surface area contributed by atoms with Gasteiger partial charge >= 0.3 is 12.0 Å². The van der Waals surface area contributed by atoms with Crippen LogP contribution in [0.1, 0.15) is 37.6 Å². The number of nitrogens with one attached hydrogen (secondary N) is 1. The molecule has 2 rings (SSSR count). The average molecular weight is 345 g/mol. The van der Waals surface area contributed by atoms with Crippen molar-refractivity contribution in [3.05, 3.63) is 41.5 Å². The van der Waals surface area contributed by atoms with E-state index < -0.39 is 12.0 Å². The molecule has 134 valence electrons. The maximum Gasteiger partial charge on any atom is 0.340 e. The number of hydrogen-bond acceptors (Lipinski definition) is 4. The molecule has 1 heterocycles. The number of allylic oxidation sites excluding steroid dienone is 1. The molecular formula is C18H23N3O4. The Kier molecular flexibility index (Phi) is 6.16. The van der Waals surface area contributed by atoms with Crippen molar-refractivity contribution in [3.63, 3.8) is 0 Å². The molecule has 0 spiro atoms. The van der Waals surface area contributed by atoms with Crippen LogP contribution >= 0.6 is 0 Å². The smallest absolute Gasteiger partial charge is 0.340 e. The van der Waals surface area contributed by atoms with Crippen LogP contribution in [0.15, 0.2) is 35.9 Å². The molecule has 0 aliphatic carbocycles. The van der Waals surface area contributed by atoms with E-state index in [1.54, 1.807) is 31.2 Å². The zero-order chi connectivity index (χ0) is 18.4. The lowest BCUT2D eigenvalue weighted by Crippen LogP contribution is -2.46. The zero-order valence-corrected chi connectivity index (χ0v) is 14.7. The van der Waals surface area contributed by atoms with Crippen molar-refractivity contribution in [3.8, 4) is 0 Å². The highest BCUT2D eigenvalue weighted by molar-refractivity contribution is 5.96. The number of rotatable bonds is 4. The fraction of sp³-hybridized carbons (Fsp3) is 0.389. The van der Waals surface area contributed by atoms with Gasteiger partial charge < -0.3 is 10.1 Å². The number of esters is 1. The van der Waals surface area contributed by atoms with Crippen molar-refractivity contribution in [2.24, 2.45) is 0 Å². The minimum Gasteiger partial charge on any atom is -0.462 e. The summed E-state index contributed by atoms with van der Waals surface area (Å²) in [5.41, 5.74) is 1.70. The van der Waals surface area contributed by atoms with Crippen LogP contribution in [0, 0.1) is 0 Å². The van der Waals surface area contributed by atoms with Gasteiger partial charge in [-0.15, -0.1) is 0 Å². The molecule has 25 heavy (non-hydrogen) atoms. The summed E-state index contributed by atoms with van der Waals surface area (Å²) >= 11 is 0. The molecule has 7 nitrogen and oxygen atoms in total. The molecule has 0 radical (unpaired) electrons. The number of amides is 3. The second kappa shape index (κ2) is 8.32. The Morgan fingerprint density at radius 3 is 2.60 bits per heavy atom. The highest BCUT2D eigenvalue weighted by Gasteiger charge is 2.29. The first kappa shape index (κ1) is 18.5. The van der Waals surface area contributed by atoms with Crippen LogP contribution in [0.25, 0.3) is 0 Å². The first-order valence-corrected chi connectivity index (χ1v) is 8.24. The van der Waals surface area contributed by atoms with Crippen LogP contribution < -0.4 is 5.32 Å². The molecule has 0 bridgehead atoms.